The number of carbonyl (C=O) groups is 1. The number of ether oxygens (including phenoxy) is 2. The van der Waals surface area contributed by atoms with Gasteiger partial charge >= 0.3 is 0 Å². The molecule has 0 aromatic rings. The van der Waals surface area contributed by atoms with Crippen LogP contribution in [0.15, 0.2) is 4.99 Å². The Hall–Kier alpha value is -1.16. The Morgan fingerprint density at radius 2 is 1.77 bits per heavy atom. The molecular weight excluding hydrogens is 473 g/mol. The summed E-state index contributed by atoms with van der Waals surface area (Å²) in [5, 5.41) is 12.4. The number of aliphatic imine (C=N–C) groups is 1. The van der Waals surface area contributed by atoms with Gasteiger partial charge in [0.15, 0.2) is 12.3 Å². The first-order valence-electron chi connectivity index (χ1n) is 13.3. The maximum atomic E-state index is 13.9. The Bertz CT molecular complexity index is 719. The van der Waals surface area contributed by atoms with E-state index in [4.69, 9.17) is 21.1 Å². The lowest BCUT2D eigenvalue weighted by atomic mass is 9.68. The van der Waals surface area contributed by atoms with E-state index in [1.165, 1.54) is 0 Å². The third-order valence-electron chi connectivity index (χ3n) is 8.48. The molecule has 0 aromatic heterocycles. The first-order chi connectivity index (χ1) is 16.9. The second-order valence-corrected chi connectivity index (χ2v) is 11.5. The minimum Gasteiger partial charge on any atom is -0.381 e. The van der Waals surface area contributed by atoms with Crippen LogP contribution in [0.2, 0.25) is 0 Å². The zero-order chi connectivity index (χ0) is 24.8. The number of alkyl halides is 2. The smallest absolute Gasteiger partial charge is 0.223 e. The standard InChI is InChI=1S/C25H43ClFN5O3/c1-34-20-7-16(8-21(11-20)35-2)12-31-24(33)18-6-15(13-32-25-28-3-4-29-25)5-17(9-18)19-10-22(26)23(27)30-14-19/h15-23,30H,3-14H2,1-2H3,(H,31,33)(H2,28,29,32). The average Bonchev–Trinajstić information content (AvgIpc) is 3.41. The number of halogens is 2. The largest absolute Gasteiger partial charge is 0.381 e. The van der Waals surface area contributed by atoms with Crippen molar-refractivity contribution < 1.29 is 18.7 Å². The molecule has 2 heterocycles. The second kappa shape index (κ2) is 12.9. The minimum atomic E-state index is -1.15. The third kappa shape index (κ3) is 7.43. The van der Waals surface area contributed by atoms with E-state index in [1.807, 2.05) is 0 Å². The maximum absolute atomic E-state index is 13.9. The normalized spacial score (nSPS) is 40.0. The predicted octanol–water partition coefficient (Wildman–Crippen LogP) is 2.03. The lowest BCUT2D eigenvalue weighted by molar-refractivity contribution is -0.128. The van der Waals surface area contributed by atoms with E-state index in [1.54, 1.807) is 14.2 Å². The molecule has 1 saturated heterocycles. The van der Waals surface area contributed by atoms with E-state index >= 15 is 0 Å². The van der Waals surface area contributed by atoms with Crippen LogP contribution in [0, 0.1) is 29.6 Å². The van der Waals surface area contributed by atoms with Gasteiger partial charge in [-0.05, 0) is 68.6 Å². The second-order valence-electron chi connectivity index (χ2n) is 10.9. The number of rotatable bonds is 8. The molecule has 0 aromatic carbocycles. The first kappa shape index (κ1) is 26.9. The van der Waals surface area contributed by atoms with Crippen molar-refractivity contribution in [3.05, 3.63) is 0 Å². The van der Waals surface area contributed by atoms with Crippen molar-refractivity contribution in [1.82, 2.24) is 21.3 Å². The third-order valence-corrected chi connectivity index (χ3v) is 8.88. The number of hydrogen-bond donors (Lipinski definition) is 4. The lowest BCUT2D eigenvalue weighted by Gasteiger charge is -2.41. The van der Waals surface area contributed by atoms with Crippen molar-refractivity contribution in [3.8, 4) is 0 Å². The Labute approximate surface area is 213 Å². The molecule has 0 radical (unpaired) electrons. The van der Waals surface area contributed by atoms with Crippen molar-refractivity contribution >= 4 is 23.5 Å². The molecule has 8 unspecified atom stereocenters. The number of amides is 1. The highest BCUT2D eigenvalue weighted by Gasteiger charge is 2.40. The molecule has 35 heavy (non-hydrogen) atoms. The Morgan fingerprint density at radius 1 is 1.03 bits per heavy atom. The molecule has 1 amide bonds. The molecule has 4 rings (SSSR count). The summed E-state index contributed by atoms with van der Waals surface area (Å²) >= 11 is 6.27. The monoisotopic (exact) mass is 515 g/mol. The van der Waals surface area contributed by atoms with Gasteiger partial charge in [0.05, 0.1) is 24.1 Å². The highest BCUT2D eigenvalue weighted by Crippen LogP contribution is 2.41. The van der Waals surface area contributed by atoms with Crippen LogP contribution in [0.3, 0.4) is 0 Å². The molecule has 3 fully saturated rings. The van der Waals surface area contributed by atoms with Crippen molar-refractivity contribution in [1.29, 1.82) is 0 Å². The van der Waals surface area contributed by atoms with Gasteiger partial charge in [-0.2, -0.15) is 0 Å². The molecule has 8 atom stereocenters. The molecule has 0 spiro atoms. The van der Waals surface area contributed by atoms with Crippen molar-refractivity contribution in [3.63, 3.8) is 0 Å². The molecule has 200 valence electrons. The Morgan fingerprint density at radius 3 is 2.43 bits per heavy atom. The van der Waals surface area contributed by atoms with Gasteiger partial charge < -0.3 is 25.4 Å². The van der Waals surface area contributed by atoms with Crippen LogP contribution in [0.5, 0.6) is 0 Å². The van der Waals surface area contributed by atoms with Gasteiger partial charge in [0.25, 0.3) is 0 Å². The van der Waals surface area contributed by atoms with Gasteiger partial charge in [-0.15, -0.1) is 11.6 Å². The fourth-order valence-corrected chi connectivity index (χ4v) is 6.83. The summed E-state index contributed by atoms with van der Waals surface area (Å²) in [4.78, 5) is 17.8. The predicted molar refractivity (Wildman–Crippen MR) is 135 cm³/mol. The molecular formula is C25H43ClFN5O3. The van der Waals surface area contributed by atoms with Gasteiger partial charge in [-0.1, -0.05) is 0 Å². The fraction of sp³-hybridized carbons (Fsp3) is 0.920. The summed E-state index contributed by atoms with van der Waals surface area (Å²) in [6.07, 6.45) is 5.37. The van der Waals surface area contributed by atoms with E-state index < -0.39 is 11.7 Å². The van der Waals surface area contributed by atoms with Crippen molar-refractivity contribution in [2.45, 2.75) is 68.8 Å². The molecule has 8 nitrogen and oxygen atoms in total. The van der Waals surface area contributed by atoms with E-state index in [9.17, 15) is 9.18 Å². The zero-order valence-corrected chi connectivity index (χ0v) is 21.9. The van der Waals surface area contributed by atoms with Crippen LogP contribution < -0.4 is 21.3 Å². The number of nitrogens with one attached hydrogen (secondary N) is 4. The summed E-state index contributed by atoms with van der Waals surface area (Å²) < 4.78 is 25.1. The fourth-order valence-electron chi connectivity index (χ4n) is 6.52. The van der Waals surface area contributed by atoms with Crippen LogP contribution in [-0.2, 0) is 14.3 Å². The number of hydrogen-bond acceptors (Lipinski definition) is 7. The summed E-state index contributed by atoms with van der Waals surface area (Å²) in [6, 6.07) is 0. The maximum Gasteiger partial charge on any atom is 0.223 e. The number of guanidine groups is 1. The van der Waals surface area contributed by atoms with Crippen LogP contribution in [0.1, 0.15) is 44.9 Å². The number of carbonyl (C=O) groups excluding carboxylic acids is 1. The number of nitrogens with zero attached hydrogens (tertiary/aromatic N) is 1. The molecule has 4 N–H and O–H groups in total. The summed E-state index contributed by atoms with van der Waals surface area (Å²) in [7, 11) is 3.50. The zero-order valence-electron chi connectivity index (χ0n) is 21.1. The summed E-state index contributed by atoms with van der Waals surface area (Å²) in [6.45, 7) is 3.73. The average molecular weight is 516 g/mol. The Kier molecular flexibility index (Phi) is 9.90. The van der Waals surface area contributed by atoms with Gasteiger partial charge in [-0.3, -0.25) is 15.1 Å². The van der Waals surface area contributed by atoms with Crippen molar-refractivity contribution in [2.24, 2.45) is 34.6 Å². The van der Waals surface area contributed by atoms with Crippen LogP contribution >= 0.6 is 11.6 Å². The molecule has 4 aliphatic rings. The highest BCUT2D eigenvalue weighted by atomic mass is 35.5. The minimum absolute atomic E-state index is 0.0454. The van der Waals surface area contributed by atoms with Gasteiger partial charge in [-0.25, -0.2) is 4.39 Å². The molecule has 2 saturated carbocycles. The quantitative estimate of drug-likeness (QED) is 0.292. The number of methoxy groups -OCH3 is 2. The van der Waals surface area contributed by atoms with Crippen LogP contribution in [0.25, 0.3) is 0 Å². The first-order valence-corrected chi connectivity index (χ1v) is 13.8. The lowest BCUT2D eigenvalue weighted by Crippen LogP contribution is -2.49. The van der Waals surface area contributed by atoms with Gasteiger partial charge in [0, 0.05) is 46.3 Å². The highest BCUT2D eigenvalue weighted by molar-refractivity contribution is 6.21. The van der Waals surface area contributed by atoms with Crippen LogP contribution in [0.4, 0.5) is 4.39 Å². The number of piperidine rings is 1. The summed E-state index contributed by atoms with van der Waals surface area (Å²) in [5.41, 5.74) is 0. The van der Waals surface area contributed by atoms with E-state index in [0.717, 1.165) is 64.1 Å². The molecule has 0 bridgehead atoms. The van der Waals surface area contributed by atoms with Crippen LogP contribution in [-0.4, -0.2) is 82.7 Å². The topological polar surface area (TPSA) is 96.0 Å². The summed E-state index contributed by atoms with van der Waals surface area (Å²) in [5.74, 6) is 2.29. The molecule has 2 aliphatic heterocycles. The van der Waals surface area contributed by atoms with Gasteiger partial charge in [0.1, 0.15) is 0 Å². The molecule has 2 aliphatic carbocycles. The molecule has 10 heteroatoms. The van der Waals surface area contributed by atoms with Crippen molar-refractivity contribution in [2.75, 3.05) is 46.9 Å². The van der Waals surface area contributed by atoms with Gasteiger partial charge in [0.2, 0.25) is 5.91 Å². The Balaban J connectivity index is 1.35. The SMILES string of the molecule is COC1CC(CNC(=O)C2CC(CNC3=NCCN3)CC(C3CNC(F)C(Cl)C3)C2)CC(OC)C1. The van der Waals surface area contributed by atoms with E-state index in [2.05, 4.69) is 26.3 Å². The van der Waals surface area contributed by atoms with E-state index in [-0.39, 0.29) is 30.0 Å². The van der Waals surface area contributed by atoms with E-state index in [0.29, 0.717) is 37.3 Å².